The second kappa shape index (κ2) is 9.50. The molecule has 168 valence electrons. The van der Waals surface area contributed by atoms with E-state index in [9.17, 15) is 13.5 Å². The fraction of sp³-hybridized carbons (Fsp3) is 0.545. The summed E-state index contributed by atoms with van der Waals surface area (Å²) < 4.78 is 32.8. The van der Waals surface area contributed by atoms with Crippen LogP contribution in [0.1, 0.15) is 43.6 Å². The lowest BCUT2D eigenvalue weighted by Gasteiger charge is -2.33. The van der Waals surface area contributed by atoms with E-state index in [0.717, 1.165) is 25.7 Å². The molecule has 0 spiro atoms. The molecule has 4 rings (SSSR count). The van der Waals surface area contributed by atoms with Crippen molar-refractivity contribution < 1.29 is 18.3 Å². The Morgan fingerprint density at radius 1 is 1.13 bits per heavy atom. The highest BCUT2D eigenvalue weighted by Gasteiger charge is 2.37. The summed E-state index contributed by atoms with van der Waals surface area (Å²) in [6.45, 7) is 1.01. The zero-order valence-electron chi connectivity index (χ0n) is 17.7. The predicted octanol–water partition coefficient (Wildman–Crippen LogP) is 2.42. The van der Waals surface area contributed by atoms with Gasteiger partial charge in [0.25, 0.3) is 0 Å². The molecule has 2 heterocycles. The van der Waals surface area contributed by atoms with E-state index < -0.39 is 10.0 Å². The topological polar surface area (TPSA) is 105 Å². The first-order chi connectivity index (χ1) is 14.9. The molecule has 2 atom stereocenters. The van der Waals surface area contributed by atoms with Crippen LogP contribution in [0.4, 0.5) is 5.82 Å². The Hall–Kier alpha value is -2.23. The van der Waals surface area contributed by atoms with Crippen molar-refractivity contribution in [3.05, 3.63) is 48.3 Å². The maximum Gasteiger partial charge on any atom is 0.231 e. The van der Waals surface area contributed by atoms with Crippen molar-refractivity contribution >= 4 is 15.8 Å². The van der Waals surface area contributed by atoms with E-state index in [2.05, 4.69) is 39.0 Å². The van der Waals surface area contributed by atoms with E-state index in [1.807, 2.05) is 11.0 Å². The molecule has 1 aliphatic heterocycles. The number of aromatic hydroxyl groups is 1. The van der Waals surface area contributed by atoms with Crippen LogP contribution in [0.15, 0.2) is 42.7 Å². The first kappa shape index (κ1) is 22.0. The van der Waals surface area contributed by atoms with Crippen LogP contribution >= 0.6 is 0 Å². The Morgan fingerprint density at radius 2 is 1.87 bits per heavy atom. The van der Waals surface area contributed by atoms with Gasteiger partial charge in [0, 0.05) is 12.6 Å². The number of sulfonamides is 1. The number of hydrogen-bond acceptors (Lipinski definition) is 7. The number of aromatic nitrogens is 2. The van der Waals surface area contributed by atoms with Crippen molar-refractivity contribution in [1.29, 1.82) is 0 Å². The van der Waals surface area contributed by atoms with Crippen LogP contribution in [0.5, 0.6) is 5.88 Å². The highest BCUT2D eigenvalue weighted by atomic mass is 32.2. The van der Waals surface area contributed by atoms with Crippen LogP contribution < -0.4 is 9.62 Å². The van der Waals surface area contributed by atoms with Crippen molar-refractivity contribution in [2.45, 2.75) is 56.2 Å². The van der Waals surface area contributed by atoms with E-state index in [1.54, 1.807) is 6.20 Å². The van der Waals surface area contributed by atoms with Crippen molar-refractivity contribution in [3.63, 3.8) is 0 Å². The Kier molecular flexibility index (Phi) is 6.74. The number of nitrogens with zero attached hydrogens (tertiary/aromatic N) is 3. The second-order valence-electron chi connectivity index (χ2n) is 8.50. The van der Waals surface area contributed by atoms with Gasteiger partial charge in [-0.25, -0.2) is 13.1 Å². The summed E-state index contributed by atoms with van der Waals surface area (Å²) in [4.78, 5) is 10.2. The van der Waals surface area contributed by atoms with Gasteiger partial charge in [0.05, 0.1) is 37.4 Å². The average Bonchev–Trinajstić information content (AvgIpc) is 3.14. The number of rotatable bonds is 7. The molecule has 2 fully saturated rings. The number of benzene rings is 1. The van der Waals surface area contributed by atoms with Gasteiger partial charge in [-0.1, -0.05) is 30.3 Å². The molecular formula is C22H30N4O4S. The number of hydrogen-bond donors (Lipinski definition) is 2. The highest BCUT2D eigenvalue weighted by Crippen LogP contribution is 2.34. The van der Waals surface area contributed by atoms with E-state index in [0.29, 0.717) is 31.3 Å². The highest BCUT2D eigenvalue weighted by molar-refractivity contribution is 7.88. The third-order valence-corrected chi connectivity index (χ3v) is 6.99. The summed E-state index contributed by atoms with van der Waals surface area (Å²) in [5.74, 6) is 0.946. The smallest absolute Gasteiger partial charge is 0.231 e. The molecule has 8 nitrogen and oxygen atoms in total. The van der Waals surface area contributed by atoms with E-state index in [4.69, 9.17) is 4.74 Å². The Morgan fingerprint density at radius 3 is 2.55 bits per heavy atom. The van der Waals surface area contributed by atoms with Gasteiger partial charge in [0.2, 0.25) is 15.9 Å². The normalized spacial score (nSPS) is 26.8. The zero-order chi connectivity index (χ0) is 21.8. The molecule has 0 radical (unpaired) electrons. The van der Waals surface area contributed by atoms with Crippen LogP contribution in [-0.2, 0) is 14.8 Å². The summed E-state index contributed by atoms with van der Waals surface area (Å²) >= 11 is 0. The van der Waals surface area contributed by atoms with Crippen molar-refractivity contribution in [1.82, 2.24) is 14.7 Å². The standard InChI is InChI=1S/C22H30N4O4S/c1-31(28,29)25-19-11-12-26(21-13-23-14-22(27)24-21)20(19)15-30-18-9-7-17(8-10-18)16-5-3-2-4-6-16/h2-6,13-14,17-20,25H,7-12,15H2,1H3,(H,24,27)/t17-,18+,19-,20-/m0/s1. The second-order valence-corrected chi connectivity index (χ2v) is 10.3. The maximum absolute atomic E-state index is 11.9. The molecule has 1 aromatic heterocycles. The van der Waals surface area contributed by atoms with E-state index >= 15 is 0 Å². The predicted molar refractivity (Wildman–Crippen MR) is 119 cm³/mol. The molecule has 2 aromatic rings. The van der Waals surface area contributed by atoms with Crippen LogP contribution in [0.3, 0.4) is 0 Å². The number of ether oxygens (including phenoxy) is 1. The fourth-order valence-corrected chi connectivity index (χ4v) is 5.59. The van der Waals surface area contributed by atoms with Gasteiger partial charge in [-0.3, -0.25) is 4.98 Å². The third kappa shape index (κ3) is 5.72. The monoisotopic (exact) mass is 446 g/mol. The summed E-state index contributed by atoms with van der Waals surface area (Å²) in [7, 11) is -3.35. The van der Waals surface area contributed by atoms with Crippen molar-refractivity contribution in [3.8, 4) is 5.88 Å². The maximum atomic E-state index is 11.9. The summed E-state index contributed by atoms with van der Waals surface area (Å²) in [5, 5.41) is 9.72. The van der Waals surface area contributed by atoms with Gasteiger partial charge >= 0.3 is 0 Å². The molecule has 2 aliphatic rings. The molecule has 0 unspecified atom stereocenters. The third-order valence-electron chi connectivity index (χ3n) is 6.26. The molecular weight excluding hydrogens is 416 g/mol. The average molecular weight is 447 g/mol. The SMILES string of the molecule is CS(=O)(=O)N[C@H]1CCN(c2cncc(O)n2)[C@H]1CO[C@H]1CC[C@@H](c2ccccc2)CC1. The van der Waals surface area contributed by atoms with Crippen LogP contribution in [-0.4, -0.2) is 61.1 Å². The van der Waals surface area contributed by atoms with E-state index in [-0.39, 0.29) is 24.1 Å². The van der Waals surface area contributed by atoms with Crippen LogP contribution in [0.25, 0.3) is 0 Å². The molecule has 1 saturated carbocycles. The number of anilines is 1. The summed E-state index contributed by atoms with van der Waals surface area (Å²) in [6.07, 6.45) is 8.99. The molecule has 9 heteroatoms. The first-order valence-electron chi connectivity index (χ1n) is 10.8. The quantitative estimate of drug-likeness (QED) is 0.673. The molecule has 31 heavy (non-hydrogen) atoms. The fourth-order valence-electron chi connectivity index (χ4n) is 4.76. The van der Waals surface area contributed by atoms with Gasteiger partial charge in [0.1, 0.15) is 0 Å². The summed E-state index contributed by atoms with van der Waals surface area (Å²) in [6, 6.07) is 10.1. The zero-order valence-corrected chi connectivity index (χ0v) is 18.5. The van der Waals surface area contributed by atoms with Crippen molar-refractivity contribution in [2.24, 2.45) is 0 Å². The lowest BCUT2D eigenvalue weighted by molar-refractivity contribution is 0.0156. The lowest BCUT2D eigenvalue weighted by Crippen LogP contribution is -2.48. The minimum Gasteiger partial charge on any atom is -0.492 e. The molecule has 0 amide bonds. The molecule has 0 bridgehead atoms. The lowest BCUT2D eigenvalue weighted by atomic mass is 9.83. The van der Waals surface area contributed by atoms with E-state index in [1.165, 1.54) is 18.0 Å². The molecule has 1 aliphatic carbocycles. The van der Waals surface area contributed by atoms with Crippen molar-refractivity contribution in [2.75, 3.05) is 24.3 Å². The van der Waals surface area contributed by atoms with Crippen LogP contribution in [0.2, 0.25) is 0 Å². The Bertz CT molecular complexity index is 964. The Labute approximate surface area is 183 Å². The molecule has 1 aromatic carbocycles. The Balaban J connectivity index is 1.39. The first-order valence-corrected chi connectivity index (χ1v) is 12.7. The van der Waals surface area contributed by atoms with Gasteiger partial charge in [0.15, 0.2) is 5.82 Å². The largest absolute Gasteiger partial charge is 0.492 e. The van der Waals surface area contributed by atoms with Gasteiger partial charge < -0.3 is 14.7 Å². The van der Waals surface area contributed by atoms with Gasteiger partial charge in [-0.2, -0.15) is 4.98 Å². The molecule has 2 N–H and O–H groups in total. The number of nitrogens with one attached hydrogen (secondary N) is 1. The minimum atomic E-state index is -3.35. The summed E-state index contributed by atoms with van der Waals surface area (Å²) in [5.41, 5.74) is 1.39. The van der Waals surface area contributed by atoms with Gasteiger partial charge in [-0.15, -0.1) is 0 Å². The van der Waals surface area contributed by atoms with Gasteiger partial charge in [-0.05, 0) is 43.6 Å². The van der Waals surface area contributed by atoms with Crippen LogP contribution in [0, 0.1) is 0 Å². The molecule has 1 saturated heterocycles. The minimum absolute atomic E-state index is 0.157.